The highest BCUT2D eigenvalue weighted by Crippen LogP contribution is 2.12. The zero-order chi connectivity index (χ0) is 13.8. The van der Waals surface area contributed by atoms with Gasteiger partial charge in [-0.15, -0.1) is 17.0 Å². The molecule has 104 valence electrons. The second-order valence-electron chi connectivity index (χ2n) is 4.01. The first-order chi connectivity index (χ1) is 9.10. The number of benzene rings is 1. The van der Waals surface area contributed by atoms with E-state index in [1.807, 2.05) is 0 Å². The lowest BCUT2D eigenvalue weighted by atomic mass is 10.1. The van der Waals surface area contributed by atoms with Crippen LogP contribution in [0, 0.1) is 17.1 Å². The van der Waals surface area contributed by atoms with Gasteiger partial charge in [-0.2, -0.15) is 5.26 Å². The average molecular weight is 340 g/mol. The molecule has 0 saturated carbocycles. The summed E-state index contributed by atoms with van der Waals surface area (Å²) in [6.45, 7) is 0.311. The molecule has 2 aromatic rings. The molecule has 0 saturated heterocycles. The Morgan fingerprint density at radius 2 is 2.25 bits per heavy atom. The highest BCUT2D eigenvalue weighted by molar-refractivity contribution is 8.93. The van der Waals surface area contributed by atoms with E-state index in [0.717, 1.165) is 0 Å². The van der Waals surface area contributed by atoms with Crippen LogP contribution in [0.4, 0.5) is 4.39 Å². The number of rotatable bonds is 4. The molecule has 0 aliphatic carbocycles. The van der Waals surface area contributed by atoms with E-state index in [0.29, 0.717) is 17.8 Å². The molecule has 0 spiro atoms. The summed E-state index contributed by atoms with van der Waals surface area (Å²) in [5.41, 5.74) is 1.17. The molecular weight excluding hydrogens is 329 g/mol. The van der Waals surface area contributed by atoms with Crippen LogP contribution in [-0.2, 0) is 17.8 Å². The number of aliphatic carboxylic acids is 1. The Kier molecular flexibility index (Phi) is 5.41. The molecule has 2 rings (SSSR count). The number of hydrogen-bond donors (Lipinski definition) is 1. The lowest BCUT2D eigenvalue weighted by molar-refractivity contribution is -0.136. The number of carbonyl (C=O) groups is 1. The molecule has 1 heterocycles. The van der Waals surface area contributed by atoms with Gasteiger partial charge >= 0.3 is 5.97 Å². The quantitative estimate of drug-likeness (QED) is 0.925. The smallest absolute Gasteiger partial charge is 0.309 e. The zero-order valence-corrected chi connectivity index (χ0v) is 12.0. The fourth-order valence-electron chi connectivity index (χ4n) is 1.74. The summed E-state index contributed by atoms with van der Waals surface area (Å²) in [6.07, 6.45) is 2.82. The number of nitrogens with zero attached hydrogens (tertiary/aromatic N) is 3. The van der Waals surface area contributed by atoms with Crippen molar-refractivity contribution in [1.29, 1.82) is 5.26 Å². The lowest BCUT2D eigenvalue weighted by Crippen LogP contribution is -2.08. The highest BCUT2D eigenvalue weighted by atomic mass is 79.9. The van der Waals surface area contributed by atoms with Gasteiger partial charge in [0.15, 0.2) is 0 Å². The van der Waals surface area contributed by atoms with Gasteiger partial charge in [0.05, 0.1) is 18.3 Å². The van der Waals surface area contributed by atoms with Crippen molar-refractivity contribution in [1.82, 2.24) is 9.55 Å². The van der Waals surface area contributed by atoms with Gasteiger partial charge in [-0.3, -0.25) is 4.79 Å². The van der Waals surface area contributed by atoms with E-state index in [9.17, 15) is 9.18 Å². The third-order valence-corrected chi connectivity index (χ3v) is 2.64. The van der Waals surface area contributed by atoms with Gasteiger partial charge in [-0.25, -0.2) is 9.37 Å². The largest absolute Gasteiger partial charge is 0.481 e. The van der Waals surface area contributed by atoms with E-state index < -0.39 is 11.8 Å². The monoisotopic (exact) mass is 339 g/mol. The molecule has 0 amide bonds. The second-order valence-corrected chi connectivity index (χ2v) is 4.01. The number of hydrogen-bond acceptors (Lipinski definition) is 3. The van der Waals surface area contributed by atoms with Crippen LogP contribution in [0.1, 0.15) is 16.8 Å². The van der Waals surface area contributed by atoms with Crippen LogP contribution in [-0.4, -0.2) is 20.6 Å². The molecule has 20 heavy (non-hydrogen) atoms. The number of aromatic nitrogens is 2. The second kappa shape index (κ2) is 6.82. The summed E-state index contributed by atoms with van der Waals surface area (Å²) < 4.78 is 15.1. The Morgan fingerprint density at radius 3 is 2.85 bits per heavy atom. The molecule has 7 heteroatoms. The number of halogens is 2. The van der Waals surface area contributed by atoms with Gasteiger partial charge in [-0.1, -0.05) is 6.07 Å². The minimum atomic E-state index is -0.951. The standard InChI is InChI=1S/C13H10FN3O2.BrH/c14-12-3-9(1-2-10(12)5-15)7-17-8-16-6-11(17)4-13(18)19;/h1-3,6,8H,4,7H2,(H,18,19);1H. The predicted molar refractivity (Wildman–Crippen MR) is 74.1 cm³/mol. The van der Waals surface area contributed by atoms with Crippen molar-refractivity contribution in [2.75, 3.05) is 0 Å². The van der Waals surface area contributed by atoms with Crippen molar-refractivity contribution >= 4 is 23.0 Å². The van der Waals surface area contributed by atoms with E-state index in [1.54, 1.807) is 16.7 Å². The Labute approximate surface area is 125 Å². The van der Waals surface area contributed by atoms with Crippen LogP contribution in [0.25, 0.3) is 0 Å². The Balaban J connectivity index is 0.00000200. The van der Waals surface area contributed by atoms with Crippen molar-refractivity contribution in [3.05, 3.63) is 53.4 Å². The molecule has 0 atom stereocenters. The van der Waals surface area contributed by atoms with E-state index >= 15 is 0 Å². The van der Waals surface area contributed by atoms with Crippen LogP contribution in [0.5, 0.6) is 0 Å². The maximum absolute atomic E-state index is 13.4. The van der Waals surface area contributed by atoms with Gasteiger partial charge < -0.3 is 9.67 Å². The minimum absolute atomic E-state index is 0. The number of carboxylic acid groups (broad SMARTS) is 1. The molecule has 0 fully saturated rings. The first-order valence-corrected chi connectivity index (χ1v) is 5.49. The van der Waals surface area contributed by atoms with Gasteiger partial charge in [0, 0.05) is 18.4 Å². The van der Waals surface area contributed by atoms with Crippen LogP contribution in [0.3, 0.4) is 0 Å². The highest BCUT2D eigenvalue weighted by Gasteiger charge is 2.08. The molecule has 0 aliphatic heterocycles. The van der Waals surface area contributed by atoms with Gasteiger partial charge in [-0.05, 0) is 17.7 Å². The summed E-state index contributed by atoms with van der Waals surface area (Å²) in [4.78, 5) is 14.6. The van der Waals surface area contributed by atoms with E-state index in [-0.39, 0.29) is 29.0 Å². The molecular formula is C13H11BrFN3O2. The average Bonchev–Trinajstić information content (AvgIpc) is 2.76. The third-order valence-electron chi connectivity index (χ3n) is 2.64. The summed E-state index contributed by atoms with van der Waals surface area (Å²) in [7, 11) is 0. The maximum Gasteiger partial charge on any atom is 0.309 e. The summed E-state index contributed by atoms with van der Waals surface area (Å²) >= 11 is 0. The van der Waals surface area contributed by atoms with Crippen molar-refractivity contribution in [3.63, 3.8) is 0 Å². The van der Waals surface area contributed by atoms with Gasteiger partial charge in [0.25, 0.3) is 0 Å². The molecule has 1 N–H and O–H groups in total. The number of carboxylic acids is 1. The molecule has 5 nitrogen and oxygen atoms in total. The Morgan fingerprint density at radius 1 is 1.50 bits per heavy atom. The predicted octanol–water partition coefficient (Wildman–Crippen LogP) is 2.15. The van der Waals surface area contributed by atoms with Crippen molar-refractivity contribution in [3.8, 4) is 6.07 Å². The van der Waals surface area contributed by atoms with Crippen LogP contribution < -0.4 is 0 Å². The SMILES string of the molecule is Br.N#Cc1ccc(Cn2cncc2CC(=O)O)cc1F. The van der Waals surface area contributed by atoms with Crippen molar-refractivity contribution in [2.24, 2.45) is 0 Å². The maximum atomic E-state index is 13.4. The first kappa shape index (κ1) is 15.9. The normalized spacial score (nSPS) is 9.60. The Bertz CT molecular complexity index is 664. The fraction of sp³-hybridized carbons (Fsp3) is 0.154. The number of nitriles is 1. The molecule has 0 aliphatic rings. The van der Waals surface area contributed by atoms with E-state index in [1.165, 1.54) is 24.7 Å². The van der Waals surface area contributed by atoms with E-state index in [4.69, 9.17) is 10.4 Å². The minimum Gasteiger partial charge on any atom is -0.481 e. The van der Waals surface area contributed by atoms with Gasteiger partial charge in [0.1, 0.15) is 11.9 Å². The topological polar surface area (TPSA) is 78.9 Å². The Hall–Kier alpha value is -2.20. The van der Waals surface area contributed by atoms with Crippen molar-refractivity contribution < 1.29 is 14.3 Å². The van der Waals surface area contributed by atoms with Crippen LogP contribution >= 0.6 is 17.0 Å². The fourth-order valence-corrected chi connectivity index (χ4v) is 1.74. The number of imidazole rings is 1. The van der Waals surface area contributed by atoms with E-state index in [2.05, 4.69) is 4.98 Å². The first-order valence-electron chi connectivity index (χ1n) is 5.49. The molecule has 0 bridgehead atoms. The lowest BCUT2D eigenvalue weighted by Gasteiger charge is -2.07. The van der Waals surface area contributed by atoms with Crippen molar-refractivity contribution in [2.45, 2.75) is 13.0 Å². The summed E-state index contributed by atoms with van der Waals surface area (Å²) in [5, 5.41) is 17.4. The molecule has 1 aromatic carbocycles. The zero-order valence-electron chi connectivity index (χ0n) is 10.3. The molecule has 0 unspecified atom stereocenters. The molecule has 0 radical (unpaired) electrons. The summed E-state index contributed by atoms with van der Waals surface area (Å²) in [6, 6.07) is 6.05. The van der Waals surface area contributed by atoms with Crippen LogP contribution in [0.15, 0.2) is 30.7 Å². The third kappa shape index (κ3) is 3.65. The van der Waals surface area contributed by atoms with Gasteiger partial charge in [0.2, 0.25) is 0 Å². The van der Waals surface area contributed by atoms with Crippen LogP contribution in [0.2, 0.25) is 0 Å². The molecule has 1 aromatic heterocycles. The summed E-state index contributed by atoms with van der Waals surface area (Å²) in [5.74, 6) is -1.53.